The van der Waals surface area contributed by atoms with Gasteiger partial charge in [0.1, 0.15) is 0 Å². The lowest BCUT2D eigenvalue weighted by Crippen LogP contribution is -1.87. The van der Waals surface area contributed by atoms with E-state index in [9.17, 15) is 0 Å². The van der Waals surface area contributed by atoms with Crippen LogP contribution >= 0.6 is 0 Å². The lowest BCUT2D eigenvalue weighted by molar-refractivity contribution is 1.33. The molecule has 1 heterocycles. The van der Waals surface area contributed by atoms with Gasteiger partial charge in [-0.3, -0.25) is 4.98 Å². The Bertz CT molecular complexity index is 1190. The first-order valence-corrected chi connectivity index (χ1v) is 8.15. The molecule has 112 valence electrons. The summed E-state index contributed by atoms with van der Waals surface area (Å²) in [5, 5.41) is 7.67. The highest BCUT2D eigenvalue weighted by Gasteiger charge is 2.12. The zero-order valence-electron chi connectivity index (χ0n) is 13.1. The quantitative estimate of drug-likeness (QED) is 0.265. The van der Waals surface area contributed by atoms with Gasteiger partial charge < -0.3 is 0 Å². The number of nitrogens with zero attached hydrogens (tertiary/aromatic N) is 1. The number of hydrogen-bond acceptors (Lipinski definition) is 1. The Labute approximate surface area is 140 Å². The Morgan fingerprint density at radius 2 is 1.33 bits per heavy atom. The van der Waals surface area contributed by atoms with Gasteiger partial charge in [-0.25, -0.2) is 0 Å². The monoisotopic (exact) mass is 305 g/mol. The summed E-state index contributed by atoms with van der Waals surface area (Å²) in [5.41, 5.74) is 2.43. The van der Waals surface area contributed by atoms with Crippen LogP contribution in [0.4, 0.5) is 0 Å². The largest absolute Gasteiger partial charge is 0.264 e. The predicted octanol–water partition coefficient (Wildman–Crippen LogP) is 6.21. The summed E-state index contributed by atoms with van der Waals surface area (Å²) >= 11 is 0. The van der Waals surface area contributed by atoms with Crippen molar-refractivity contribution in [1.29, 1.82) is 0 Å². The van der Waals surface area contributed by atoms with E-state index in [-0.39, 0.29) is 0 Å². The van der Waals surface area contributed by atoms with Crippen LogP contribution in [0.5, 0.6) is 0 Å². The summed E-state index contributed by atoms with van der Waals surface area (Å²) in [5.74, 6) is 0. The van der Waals surface area contributed by atoms with E-state index in [1.54, 1.807) is 0 Å². The van der Waals surface area contributed by atoms with E-state index in [1.165, 1.54) is 37.9 Å². The van der Waals surface area contributed by atoms with Gasteiger partial charge in [-0.15, -0.1) is 0 Å². The molecule has 0 bridgehead atoms. The molecule has 24 heavy (non-hydrogen) atoms. The van der Waals surface area contributed by atoms with E-state index in [4.69, 9.17) is 0 Å². The topological polar surface area (TPSA) is 12.9 Å². The minimum Gasteiger partial charge on any atom is -0.264 e. The van der Waals surface area contributed by atoms with Crippen molar-refractivity contribution in [3.05, 3.63) is 91.3 Å². The first-order valence-electron chi connectivity index (χ1n) is 8.15. The highest BCUT2D eigenvalue weighted by molar-refractivity contribution is 6.21. The van der Waals surface area contributed by atoms with Gasteiger partial charge in [0.05, 0.1) is 0 Å². The van der Waals surface area contributed by atoms with Gasteiger partial charge in [-0.2, -0.15) is 0 Å². The molecule has 0 spiro atoms. The molecule has 5 rings (SSSR count). The maximum absolute atomic E-state index is 4.35. The van der Waals surface area contributed by atoms with Crippen LogP contribution in [0.1, 0.15) is 0 Å². The van der Waals surface area contributed by atoms with Crippen molar-refractivity contribution in [2.24, 2.45) is 0 Å². The third kappa shape index (κ3) is 1.92. The predicted molar refractivity (Wildman–Crippen MR) is 102 cm³/mol. The van der Waals surface area contributed by atoms with Crippen molar-refractivity contribution in [2.45, 2.75) is 0 Å². The summed E-state index contributed by atoms with van der Waals surface area (Å²) < 4.78 is 0. The van der Waals surface area contributed by atoms with Gasteiger partial charge in [0.25, 0.3) is 0 Å². The van der Waals surface area contributed by atoms with Gasteiger partial charge in [0.2, 0.25) is 0 Å². The van der Waals surface area contributed by atoms with E-state index in [0.717, 1.165) is 5.56 Å². The number of hydrogen-bond donors (Lipinski definition) is 0. The SMILES string of the molecule is c1cncc(-c2c3ccccc3cc3ccc4ccccc4c23)c1. The fraction of sp³-hybridized carbons (Fsp3) is 0. The third-order valence-corrected chi connectivity index (χ3v) is 4.70. The van der Waals surface area contributed by atoms with Crippen molar-refractivity contribution in [3.8, 4) is 11.1 Å². The Morgan fingerprint density at radius 3 is 2.17 bits per heavy atom. The molecule has 5 aromatic rings. The average Bonchev–Trinajstić information content (AvgIpc) is 2.66. The Morgan fingerprint density at radius 1 is 0.583 bits per heavy atom. The zero-order chi connectivity index (χ0) is 15.9. The van der Waals surface area contributed by atoms with Crippen LogP contribution < -0.4 is 0 Å². The van der Waals surface area contributed by atoms with Crippen LogP contribution in [-0.4, -0.2) is 4.98 Å². The third-order valence-electron chi connectivity index (χ3n) is 4.70. The Kier molecular flexibility index (Phi) is 2.86. The van der Waals surface area contributed by atoms with Crippen molar-refractivity contribution in [1.82, 2.24) is 4.98 Å². The molecular weight excluding hydrogens is 290 g/mol. The molecule has 0 atom stereocenters. The van der Waals surface area contributed by atoms with Crippen molar-refractivity contribution in [2.75, 3.05) is 0 Å². The second kappa shape index (κ2) is 5.17. The number of rotatable bonds is 1. The molecule has 0 N–H and O–H groups in total. The number of fused-ring (bicyclic) bond motifs is 4. The molecule has 1 aromatic heterocycles. The number of pyridine rings is 1. The van der Waals surface area contributed by atoms with E-state index in [2.05, 4.69) is 77.8 Å². The zero-order valence-corrected chi connectivity index (χ0v) is 13.1. The summed E-state index contributed by atoms with van der Waals surface area (Å²) in [6, 6.07) is 28.1. The van der Waals surface area contributed by atoms with Gasteiger partial charge in [0, 0.05) is 18.0 Å². The normalized spacial score (nSPS) is 11.3. The molecular formula is C23H15N. The van der Waals surface area contributed by atoms with Crippen molar-refractivity contribution in [3.63, 3.8) is 0 Å². The summed E-state index contributed by atoms with van der Waals surface area (Å²) in [4.78, 5) is 4.35. The molecule has 0 aliphatic rings. The molecule has 0 fully saturated rings. The molecule has 1 nitrogen and oxygen atoms in total. The van der Waals surface area contributed by atoms with Crippen LogP contribution in [0, 0.1) is 0 Å². The van der Waals surface area contributed by atoms with Crippen molar-refractivity contribution < 1.29 is 0 Å². The molecule has 0 radical (unpaired) electrons. The minimum atomic E-state index is 1.16. The van der Waals surface area contributed by atoms with E-state index in [0.29, 0.717) is 0 Å². The fourth-order valence-corrected chi connectivity index (χ4v) is 3.65. The lowest BCUT2D eigenvalue weighted by Gasteiger charge is -2.14. The maximum atomic E-state index is 4.35. The van der Waals surface area contributed by atoms with Gasteiger partial charge in [0.15, 0.2) is 0 Å². The van der Waals surface area contributed by atoms with E-state index < -0.39 is 0 Å². The molecule has 4 aromatic carbocycles. The standard InChI is InChI=1S/C23H15N/c1-3-9-20-16(6-1)11-12-18-14-17-7-2-4-10-21(17)23(22(18)20)19-8-5-13-24-15-19/h1-15H. The summed E-state index contributed by atoms with van der Waals surface area (Å²) in [7, 11) is 0. The van der Waals surface area contributed by atoms with Crippen LogP contribution in [0.3, 0.4) is 0 Å². The second-order valence-corrected chi connectivity index (χ2v) is 6.10. The number of aromatic nitrogens is 1. The van der Waals surface area contributed by atoms with Crippen LogP contribution in [0.2, 0.25) is 0 Å². The van der Waals surface area contributed by atoms with Gasteiger partial charge >= 0.3 is 0 Å². The first-order chi connectivity index (χ1) is 11.9. The van der Waals surface area contributed by atoms with Crippen LogP contribution in [-0.2, 0) is 0 Å². The van der Waals surface area contributed by atoms with E-state index in [1.807, 2.05) is 18.5 Å². The first kappa shape index (κ1) is 13.3. The number of benzene rings is 4. The lowest BCUT2D eigenvalue weighted by atomic mass is 9.90. The van der Waals surface area contributed by atoms with Crippen molar-refractivity contribution >= 4 is 32.3 Å². The Hall–Kier alpha value is -3.19. The summed E-state index contributed by atoms with van der Waals surface area (Å²) in [6.45, 7) is 0. The second-order valence-electron chi connectivity index (χ2n) is 6.10. The molecule has 0 amide bonds. The minimum absolute atomic E-state index is 1.16. The van der Waals surface area contributed by atoms with Gasteiger partial charge in [-0.1, -0.05) is 66.7 Å². The van der Waals surface area contributed by atoms with Crippen LogP contribution in [0.25, 0.3) is 43.4 Å². The molecule has 0 aliphatic carbocycles. The smallest absolute Gasteiger partial charge is 0.0346 e. The average molecular weight is 305 g/mol. The fourth-order valence-electron chi connectivity index (χ4n) is 3.65. The highest BCUT2D eigenvalue weighted by Crippen LogP contribution is 2.39. The molecule has 0 unspecified atom stereocenters. The Balaban J connectivity index is 2.10. The summed E-state index contributed by atoms with van der Waals surface area (Å²) in [6.07, 6.45) is 3.79. The van der Waals surface area contributed by atoms with Gasteiger partial charge in [-0.05, 0) is 50.0 Å². The highest BCUT2D eigenvalue weighted by atomic mass is 14.6. The molecule has 0 aliphatic heterocycles. The molecule has 1 heteroatoms. The van der Waals surface area contributed by atoms with E-state index >= 15 is 0 Å². The maximum Gasteiger partial charge on any atom is 0.0346 e. The molecule has 0 saturated carbocycles. The molecule has 0 saturated heterocycles. The van der Waals surface area contributed by atoms with Crippen LogP contribution in [0.15, 0.2) is 91.3 Å².